The van der Waals surface area contributed by atoms with E-state index in [0.717, 1.165) is 37.4 Å². The number of hydrogen-bond acceptors (Lipinski definition) is 3. The Hall–Kier alpha value is -2.17. The van der Waals surface area contributed by atoms with Crippen molar-refractivity contribution >= 4 is 5.91 Å². The van der Waals surface area contributed by atoms with Gasteiger partial charge >= 0.3 is 0 Å². The van der Waals surface area contributed by atoms with E-state index in [1.165, 1.54) is 5.56 Å². The molecular formula is C20H24N2O2. The van der Waals surface area contributed by atoms with Gasteiger partial charge < -0.3 is 10.1 Å². The Bertz CT molecular complexity index is 672. The molecule has 0 unspecified atom stereocenters. The van der Waals surface area contributed by atoms with Gasteiger partial charge in [0.25, 0.3) is 5.91 Å². The lowest BCUT2D eigenvalue weighted by Gasteiger charge is -2.33. The minimum absolute atomic E-state index is 0.00781. The number of ether oxygens (including phenoxy) is 1. The molecule has 0 bridgehead atoms. The fraction of sp³-hybridized carbons (Fsp3) is 0.350. The minimum atomic E-state index is -0.00781. The maximum Gasteiger partial charge on any atom is 0.251 e. The Balaban J connectivity index is 1.47. The topological polar surface area (TPSA) is 41.6 Å². The molecule has 4 nitrogen and oxygen atoms in total. The first-order valence-electron chi connectivity index (χ1n) is 8.46. The lowest BCUT2D eigenvalue weighted by atomic mass is 10.1. The van der Waals surface area contributed by atoms with E-state index in [-0.39, 0.29) is 12.0 Å². The molecule has 0 aromatic heterocycles. The summed E-state index contributed by atoms with van der Waals surface area (Å²) in [4.78, 5) is 14.5. The van der Waals surface area contributed by atoms with Crippen LogP contribution in [0.25, 0.3) is 0 Å². The quantitative estimate of drug-likeness (QED) is 0.919. The van der Waals surface area contributed by atoms with Crippen LogP contribution in [0.2, 0.25) is 0 Å². The predicted octanol–water partition coefficient (Wildman–Crippen LogP) is 2.80. The highest BCUT2D eigenvalue weighted by molar-refractivity contribution is 5.94. The molecule has 0 saturated carbocycles. The molecule has 24 heavy (non-hydrogen) atoms. The largest absolute Gasteiger partial charge is 0.371 e. The first-order valence-corrected chi connectivity index (χ1v) is 8.46. The van der Waals surface area contributed by atoms with E-state index < -0.39 is 0 Å². The lowest BCUT2D eigenvalue weighted by Crippen LogP contribution is -2.42. The van der Waals surface area contributed by atoms with E-state index in [4.69, 9.17) is 4.74 Å². The average molecular weight is 324 g/mol. The van der Waals surface area contributed by atoms with Crippen LogP contribution in [0.4, 0.5) is 0 Å². The van der Waals surface area contributed by atoms with Crippen LogP contribution in [-0.2, 0) is 4.74 Å². The van der Waals surface area contributed by atoms with Gasteiger partial charge in [-0.05, 0) is 24.6 Å². The number of nitrogens with zero attached hydrogens (tertiary/aromatic N) is 1. The Kier molecular flexibility index (Phi) is 5.62. The van der Waals surface area contributed by atoms with Crippen molar-refractivity contribution in [1.82, 2.24) is 10.2 Å². The molecule has 1 heterocycles. The Morgan fingerprint density at radius 2 is 2.04 bits per heavy atom. The molecule has 1 aliphatic heterocycles. The van der Waals surface area contributed by atoms with Crippen LogP contribution in [0.1, 0.15) is 27.6 Å². The number of aryl methyl sites for hydroxylation is 1. The van der Waals surface area contributed by atoms with E-state index >= 15 is 0 Å². The van der Waals surface area contributed by atoms with Crippen LogP contribution in [0.5, 0.6) is 0 Å². The molecule has 3 rings (SSSR count). The SMILES string of the molecule is Cc1cccc(C(=O)NCCN2CCO[C@H](c3ccccc3)C2)c1. The standard InChI is InChI=1S/C20H24N2O2/c1-16-6-5-9-18(14-16)20(23)21-10-11-22-12-13-24-19(15-22)17-7-3-2-4-8-17/h2-9,14,19H,10-13,15H2,1H3,(H,21,23)/t19-/m0/s1. The second kappa shape index (κ2) is 8.08. The third kappa shape index (κ3) is 4.43. The summed E-state index contributed by atoms with van der Waals surface area (Å²) in [7, 11) is 0. The van der Waals surface area contributed by atoms with Crippen molar-refractivity contribution in [2.75, 3.05) is 32.8 Å². The van der Waals surface area contributed by atoms with Gasteiger partial charge in [-0.1, -0.05) is 48.0 Å². The van der Waals surface area contributed by atoms with Crippen LogP contribution in [0, 0.1) is 6.92 Å². The van der Waals surface area contributed by atoms with Gasteiger partial charge in [-0.15, -0.1) is 0 Å². The maximum absolute atomic E-state index is 12.2. The smallest absolute Gasteiger partial charge is 0.251 e. The number of hydrogen-bond donors (Lipinski definition) is 1. The highest BCUT2D eigenvalue weighted by Gasteiger charge is 2.21. The first kappa shape index (κ1) is 16.7. The van der Waals surface area contributed by atoms with Crippen LogP contribution in [0.3, 0.4) is 0 Å². The van der Waals surface area contributed by atoms with Crippen molar-refractivity contribution in [3.05, 3.63) is 71.3 Å². The van der Waals surface area contributed by atoms with Crippen molar-refractivity contribution in [2.45, 2.75) is 13.0 Å². The van der Waals surface area contributed by atoms with Gasteiger partial charge in [-0.3, -0.25) is 9.69 Å². The molecule has 1 atom stereocenters. The third-order valence-electron chi connectivity index (χ3n) is 4.32. The normalized spacial score (nSPS) is 18.3. The van der Waals surface area contributed by atoms with Crippen molar-refractivity contribution < 1.29 is 9.53 Å². The van der Waals surface area contributed by atoms with Crippen molar-refractivity contribution in [3.63, 3.8) is 0 Å². The number of amides is 1. The molecule has 4 heteroatoms. The number of nitrogens with one attached hydrogen (secondary N) is 1. The summed E-state index contributed by atoms with van der Waals surface area (Å²) >= 11 is 0. The summed E-state index contributed by atoms with van der Waals surface area (Å²) in [6, 6.07) is 18.0. The summed E-state index contributed by atoms with van der Waals surface area (Å²) in [5.41, 5.74) is 3.03. The monoisotopic (exact) mass is 324 g/mol. The fourth-order valence-corrected chi connectivity index (χ4v) is 2.99. The summed E-state index contributed by atoms with van der Waals surface area (Å²) < 4.78 is 5.88. The van der Waals surface area contributed by atoms with Crippen LogP contribution < -0.4 is 5.32 Å². The summed E-state index contributed by atoms with van der Waals surface area (Å²) in [6.07, 6.45) is 0.118. The van der Waals surface area contributed by atoms with Crippen molar-refractivity contribution in [1.29, 1.82) is 0 Å². The number of carbonyl (C=O) groups excluding carboxylic acids is 1. The molecule has 126 valence electrons. The third-order valence-corrected chi connectivity index (χ3v) is 4.32. The van der Waals surface area contributed by atoms with Gasteiger partial charge in [0, 0.05) is 31.7 Å². The molecular weight excluding hydrogens is 300 g/mol. The van der Waals surface area contributed by atoms with Crippen molar-refractivity contribution in [3.8, 4) is 0 Å². The van der Waals surface area contributed by atoms with Gasteiger partial charge in [0.2, 0.25) is 0 Å². The zero-order valence-electron chi connectivity index (χ0n) is 14.1. The molecule has 1 fully saturated rings. The lowest BCUT2D eigenvalue weighted by molar-refractivity contribution is -0.0293. The van der Waals surface area contributed by atoms with Gasteiger partial charge in [0.1, 0.15) is 0 Å². The Labute approximate surface area is 143 Å². The van der Waals surface area contributed by atoms with Gasteiger partial charge in [-0.25, -0.2) is 0 Å². The summed E-state index contributed by atoms with van der Waals surface area (Å²) in [5, 5.41) is 3.01. The first-order chi connectivity index (χ1) is 11.7. The van der Waals surface area contributed by atoms with E-state index in [0.29, 0.717) is 6.54 Å². The van der Waals surface area contributed by atoms with Gasteiger partial charge in [0.15, 0.2) is 0 Å². The van der Waals surface area contributed by atoms with E-state index in [1.807, 2.05) is 49.4 Å². The Morgan fingerprint density at radius 3 is 2.83 bits per heavy atom. The molecule has 1 N–H and O–H groups in total. The van der Waals surface area contributed by atoms with Crippen molar-refractivity contribution in [2.24, 2.45) is 0 Å². The Morgan fingerprint density at radius 1 is 1.21 bits per heavy atom. The van der Waals surface area contributed by atoms with Crippen LogP contribution in [0.15, 0.2) is 54.6 Å². The molecule has 2 aromatic carbocycles. The highest BCUT2D eigenvalue weighted by atomic mass is 16.5. The molecule has 1 aliphatic rings. The molecule has 0 spiro atoms. The van der Waals surface area contributed by atoms with Gasteiger partial charge in [-0.2, -0.15) is 0 Å². The average Bonchev–Trinajstić information content (AvgIpc) is 2.63. The molecule has 0 aliphatic carbocycles. The minimum Gasteiger partial charge on any atom is -0.371 e. The summed E-state index contributed by atoms with van der Waals surface area (Å²) in [6.45, 7) is 5.98. The van der Waals surface area contributed by atoms with Gasteiger partial charge in [0.05, 0.1) is 12.7 Å². The van der Waals surface area contributed by atoms with E-state index in [1.54, 1.807) is 0 Å². The molecule has 2 aromatic rings. The van der Waals surface area contributed by atoms with Crippen LogP contribution >= 0.6 is 0 Å². The zero-order valence-corrected chi connectivity index (χ0v) is 14.1. The maximum atomic E-state index is 12.2. The second-order valence-corrected chi connectivity index (χ2v) is 6.20. The fourth-order valence-electron chi connectivity index (χ4n) is 2.99. The summed E-state index contributed by atoms with van der Waals surface area (Å²) in [5.74, 6) is -0.00781. The number of benzene rings is 2. The predicted molar refractivity (Wildman–Crippen MR) is 95.1 cm³/mol. The zero-order chi connectivity index (χ0) is 16.8. The number of carbonyl (C=O) groups is 1. The van der Waals surface area contributed by atoms with E-state index in [9.17, 15) is 4.79 Å². The molecule has 1 saturated heterocycles. The highest BCUT2D eigenvalue weighted by Crippen LogP contribution is 2.21. The molecule has 1 amide bonds. The second-order valence-electron chi connectivity index (χ2n) is 6.20. The molecule has 0 radical (unpaired) electrons. The van der Waals surface area contributed by atoms with E-state index in [2.05, 4.69) is 22.3 Å². The number of rotatable bonds is 5. The van der Waals surface area contributed by atoms with Crippen LogP contribution in [-0.4, -0.2) is 43.6 Å². The number of morpholine rings is 1.